The van der Waals surface area contributed by atoms with Crippen molar-refractivity contribution in [3.05, 3.63) is 29.3 Å². The molecule has 3 rings (SSSR count). The maximum atomic E-state index is 9.14. The van der Waals surface area contributed by atoms with Gasteiger partial charge in [0.25, 0.3) is 0 Å². The summed E-state index contributed by atoms with van der Waals surface area (Å²) in [6.07, 6.45) is 1.93. The molecule has 1 aliphatic heterocycles. The second-order valence-electron chi connectivity index (χ2n) is 5.52. The van der Waals surface area contributed by atoms with Crippen LogP contribution in [-0.4, -0.2) is 23.0 Å². The zero-order valence-corrected chi connectivity index (χ0v) is 11.9. The van der Waals surface area contributed by atoms with E-state index in [0.717, 1.165) is 38.0 Å². The highest BCUT2D eigenvalue weighted by Gasteiger charge is 2.30. The summed E-state index contributed by atoms with van der Waals surface area (Å²) in [4.78, 5) is 7.09. The van der Waals surface area contributed by atoms with Gasteiger partial charge in [0.1, 0.15) is 5.01 Å². The second-order valence-corrected chi connectivity index (χ2v) is 6.64. The number of nitrogens with zero attached hydrogens (tertiary/aromatic N) is 3. The van der Waals surface area contributed by atoms with E-state index >= 15 is 0 Å². The van der Waals surface area contributed by atoms with Crippen LogP contribution in [0.5, 0.6) is 0 Å². The Morgan fingerprint density at radius 2 is 2.11 bits per heavy atom. The van der Waals surface area contributed by atoms with Gasteiger partial charge < -0.3 is 0 Å². The number of benzene rings is 1. The fourth-order valence-corrected chi connectivity index (χ4v) is 3.51. The van der Waals surface area contributed by atoms with Crippen LogP contribution in [0.3, 0.4) is 0 Å². The van der Waals surface area contributed by atoms with Gasteiger partial charge in [0.2, 0.25) is 0 Å². The molecule has 2 heterocycles. The number of likely N-dealkylation sites (tertiary alicyclic amines) is 1. The smallest absolute Gasteiger partial charge is 0.108 e. The Morgan fingerprint density at radius 1 is 1.37 bits per heavy atom. The zero-order valence-electron chi connectivity index (χ0n) is 11.1. The second kappa shape index (κ2) is 4.92. The predicted octanol–water partition coefficient (Wildman–Crippen LogP) is 3.42. The number of hydrogen-bond donors (Lipinski definition) is 0. The Balaban J connectivity index is 1.68. The fraction of sp³-hybridized carbons (Fsp3) is 0.467. The van der Waals surface area contributed by atoms with Crippen LogP contribution in [0.25, 0.3) is 10.2 Å². The van der Waals surface area contributed by atoms with Gasteiger partial charge in [0.05, 0.1) is 28.2 Å². The summed E-state index contributed by atoms with van der Waals surface area (Å²) < 4.78 is 1.26. The topological polar surface area (TPSA) is 39.9 Å². The molecule has 0 radical (unpaired) electrons. The third-order valence-corrected chi connectivity index (χ3v) is 4.95. The van der Waals surface area contributed by atoms with E-state index in [1.54, 1.807) is 11.3 Å². The molecule has 0 bridgehead atoms. The number of hydrogen-bond acceptors (Lipinski definition) is 4. The third-order valence-electron chi connectivity index (χ3n) is 3.93. The van der Waals surface area contributed by atoms with E-state index in [-0.39, 0.29) is 5.41 Å². The van der Waals surface area contributed by atoms with Gasteiger partial charge >= 0.3 is 0 Å². The number of aromatic nitrogens is 1. The van der Waals surface area contributed by atoms with Gasteiger partial charge in [-0.2, -0.15) is 5.26 Å². The van der Waals surface area contributed by atoms with Crippen LogP contribution in [0.4, 0.5) is 0 Å². The molecule has 0 atom stereocenters. The van der Waals surface area contributed by atoms with E-state index in [1.807, 2.05) is 6.07 Å². The zero-order chi connectivity index (χ0) is 13.3. The molecule has 0 spiro atoms. The minimum Gasteiger partial charge on any atom is -0.297 e. The first kappa shape index (κ1) is 12.6. The van der Waals surface area contributed by atoms with E-state index in [9.17, 15) is 0 Å². The number of piperidine rings is 1. The molecular weight excluding hydrogens is 254 g/mol. The van der Waals surface area contributed by atoms with Crippen LogP contribution in [0, 0.1) is 16.7 Å². The summed E-state index contributed by atoms with van der Waals surface area (Å²) in [5, 5.41) is 10.3. The van der Waals surface area contributed by atoms with Gasteiger partial charge in [0.15, 0.2) is 0 Å². The lowest BCUT2D eigenvalue weighted by Gasteiger charge is -2.34. The van der Waals surface area contributed by atoms with Crippen molar-refractivity contribution in [1.82, 2.24) is 9.88 Å². The Labute approximate surface area is 117 Å². The molecule has 1 aliphatic rings. The quantitative estimate of drug-likeness (QED) is 0.840. The number of rotatable bonds is 2. The van der Waals surface area contributed by atoms with Crippen molar-refractivity contribution in [3.8, 4) is 6.07 Å². The minimum absolute atomic E-state index is 0.121. The Morgan fingerprint density at radius 3 is 2.79 bits per heavy atom. The highest BCUT2D eigenvalue weighted by Crippen LogP contribution is 2.31. The summed E-state index contributed by atoms with van der Waals surface area (Å²) in [7, 11) is 0. The van der Waals surface area contributed by atoms with Crippen LogP contribution in [0.1, 0.15) is 24.8 Å². The fourth-order valence-electron chi connectivity index (χ4n) is 2.50. The standard InChI is InChI=1S/C15H17N3S/c1-15(11-16)6-8-18(9-7-15)10-14-17-12-4-2-3-5-13(12)19-14/h2-5H,6-10H2,1H3. The molecule has 1 saturated heterocycles. The number of fused-ring (bicyclic) bond motifs is 1. The highest BCUT2D eigenvalue weighted by molar-refractivity contribution is 7.18. The third kappa shape index (κ3) is 2.63. The lowest BCUT2D eigenvalue weighted by atomic mass is 9.82. The van der Waals surface area contributed by atoms with Crippen molar-refractivity contribution < 1.29 is 0 Å². The molecular formula is C15H17N3S. The maximum absolute atomic E-state index is 9.14. The first-order chi connectivity index (χ1) is 9.18. The molecule has 1 aromatic carbocycles. The lowest BCUT2D eigenvalue weighted by Crippen LogP contribution is -2.37. The van der Waals surface area contributed by atoms with Gasteiger partial charge in [0, 0.05) is 13.1 Å². The van der Waals surface area contributed by atoms with E-state index < -0.39 is 0 Å². The molecule has 0 N–H and O–H groups in total. The van der Waals surface area contributed by atoms with Gasteiger partial charge in [-0.3, -0.25) is 4.90 Å². The number of thiazole rings is 1. The minimum atomic E-state index is -0.121. The molecule has 0 saturated carbocycles. The van der Waals surface area contributed by atoms with Crippen LogP contribution >= 0.6 is 11.3 Å². The molecule has 1 fully saturated rings. The molecule has 0 aliphatic carbocycles. The summed E-state index contributed by atoms with van der Waals surface area (Å²) in [6, 6.07) is 10.7. The van der Waals surface area contributed by atoms with E-state index in [1.165, 1.54) is 9.71 Å². The van der Waals surface area contributed by atoms with Gasteiger partial charge in [-0.25, -0.2) is 4.98 Å². The monoisotopic (exact) mass is 271 g/mol. The van der Waals surface area contributed by atoms with E-state index in [0.29, 0.717) is 0 Å². The maximum Gasteiger partial charge on any atom is 0.108 e. The van der Waals surface area contributed by atoms with Crippen molar-refractivity contribution in [2.75, 3.05) is 13.1 Å². The average Bonchev–Trinajstić information content (AvgIpc) is 2.84. The van der Waals surface area contributed by atoms with Crippen molar-refractivity contribution in [2.45, 2.75) is 26.3 Å². The van der Waals surface area contributed by atoms with E-state index in [2.05, 4.69) is 41.1 Å². The van der Waals surface area contributed by atoms with Crippen molar-refractivity contribution in [2.24, 2.45) is 5.41 Å². The molecule has 1 aromatic heterocycles. The SMILES string of the molecule is CC1(C#N)CCN(Cc2nc3ccccc3s2)CC1. The summed E-state index contributed by atoms with van der Waals surface area (Å²) in [5.74, 6) is 0. The Hall–Kier alpha value is -1.44. The largest absolute Gasteiger partial charge is 0.297 e. The normalized spacial score (nSPS) is 19.4. The summed E-state index contributed by atoms with van der Waals surface area (Å²) in [5.41, 5.74) is 0.978. The predicted molar refractivity (Wildman–Crippen MR) is 77.9 cm³/mol. The first-order valence-corrected chi connectivity index (χ1v) is 7.48. The molecule has 2 aromatic rings. The molecule has 3 nitrogen and oxygen atoms in total. The Kier molecular flexibility index (Phi) is 3.26. The van der Waals surface area contributed by atoms with Crippen LogP contribution < -0.4 is 0 Å². The highest BCUT2D eigenvalue weighted by atomic mass is 32.1. The summed E-state index contributed by atoms with van der Waals surface area (Å²) >= 11 is 1.78. The average molecular weight is 271 g/mol. The molecule has 0 amide bonds. The van der Waals surface area contributed by atoms with Crippen LogP contribution in [0.2, 0.25) is 0 Å². The van der Waals surface area contributed by atoms with E-state index in [4.69, 9.17) is 5.26 Å². The molecule has 98 valence electrons. The first-order valence-electron chi connectivity index (χ1n) is 6.67. The Bertz CT molecular complexity index is 585. The molecule has 4 heteroatoms. The van der Waals surface area contributed by atoms with Gasteiger partial charge in [-0.15, -0.1) is 11.3 Å². The van der Waals surface area contributed by atoms with Crippen molar-refractivity contribution >= 4 is 21.6 Å². The molecule has 19 heavy (non-hydrogen) atoms. The number of para-hydroxylation sites is 1. The van der Waals surface area contributed by atoms with Crippen LogP contribution in [0.15, 0.2) is 24.3 Å². The van der Waals surface area contributed by atoms with Crippen molar-refractivity contribution in [1.29, 1.82) is 5.26 Å². The molecule has 0 unspecified atom stereocenters. The van der Waals surface area contributed by atoms with Gasteiger partial charge in [-0.05, 0) is 31.9 Å². The van der Waals surface area contributed by atoms with Crippen molar-refractivity contribution in [3.63, 3.8) is 0 Å². The lowest BCUT2D eigenvalue weighted by molar-refractivity contribution is 0.150. The van der Waals surface area contributed by atoms with Gasteiger partial charge in [-0.1, -0.05) is 12.1 Å². The number of nitriles is 1. The summed E-state index contributed by atoms with van der Waals surface area (Å²) in [6.45, 7) is 4.99. The van der Waals surface area contributed by atoms with Crippen LogP contribution in [-0.2, 0) is 6.54 Å².